The van der Waals surface area contributed by atoms with Gasteiger partial charge in [0.25, 0.3) is 0 Å². The number of aliphatic carboxylic acids is 1. The van der Waals surface area contributed by atoms with Crippen molar-refractivity contribution in [1.29, 1.82) is 0 Å². The normalized spacial score (nSPS) is 11.7. The molecular formula is C12H17N3O2. The standard InChI is InChI=1S/C11H12N2O2.CH5N/c12-9(11(14)15)5-7-6-13-10-4-2-1-3-8(7)10;1-2/h1-4,6,9,13H,5,12H2,(H,14,15);2H2,1H3/t9-;/m0./s1. The number of nitrogens with one attached hydrogen (secondary N) is 1. The molecule has 0 aliphatic heterocycles. The number of aromatic amines is 1. The third kappa shape index (κ3) is 3.05. The quantitative estimate of drug-likeness (QED) is 0.628. The molecule has 1 aromatic heterocycles. The molecule has 0 radical (unpaired) electrons. The monoisotopic (exact) mass is 235 g/mol. The first kappa shape index (κ1) is 13.2. The number of carbonyl (C=O) groups is 1. The zero-order valence-electron chi connectivity index (χ0n) is 9.68. The summed E-state index contributed by atoms with van der Waals surface area (Å²) in [5, 5.41) is 9.75. The van der Waals surface area contributed by atoms with Gasteiger partial charge in [-0.05, 0) is 18.7 Å². The van der Waals surface area contributed by atoms with Crippen molar-refractivity contribution in [1.82, 2.24) is 4.98 Å². The minimum atomic E-state index is -0.972. The van der Waals surface area contributed by atoms with E-state index in [1.807, 2.05) is 30.5 Å². The molecule has 5 heteroatoms. The molecule has 17 heavy (non-hydrogen) atoms. The number of para-hydroxylation sites is 1. The average Bonchev–Trinajstić information content (AvgIpc) is 2.75. The summed E-state index contributed by atoms with van der Waals surface area (Å²) in [6.45, 7) is 0. The van der Waals surface area contributed by atoms with Gasteiger partial charge in [0.05, 0.1) is 0 Å². The van der Waals surface area contributed by atoms with E-state index in [0.29, 0.717) is 6.42 Å². The summed E-state index contributed by atoms with van der Waals surface area (Å²) in [5.74, 6) is -0.972. The molecule has 0 spiro atoms. The number of nitrogens with two attached hydrogens (primary N) is 2. The van der Waals surface area contributed by atoms with Crippen molar-refractivity contribution < 1.29 is 9.90 Å². The van der Waals surface area contributed by atoms with E-state index in [-0.39, 0.29) is 0 Å². The van der Waals surface area contributed by atoms with Crippen LogP contribution in [-0.2, 0) is 11.2 Å². The van der Waals surface area contributed by atoms with Gasteiger partial charge in [-0.1, -0.05) is 18.2 Å². The van der Waals surface area contributed by atoms with Crippen LogP contribution in [0.25, 0.3) is 10.9 Å². The summed E-state index contributed by atoms with van der Waals surface area (Å²) in [4.78, 5) is 13.7. The number of rotatable bonds is 3. The van der Waals surface area contributed by atoms with Gasteiger partial charge in [-0.2, -0.15) is 0 Å². The van der Waals surface area contributed by atoms with E-state index in [1.54, 1.807) is 0 Å². The molecule has 1 aromatic carbocycles. The van der Waals surface area contributed by atoms with Crippen molar-refractivity contribution in [3.05, 3.63) is 36.0 Å². The van der Waals surface area contributed by atoms with E-state index in [1.165, 1.54) is 7.05 Å². The van der Waals surface area contributed by atoms with Crippen molar-refractivity contribution in [2.24, 2.45) is 11.5 Å². The van der Waals surface area contributed by atoms with E-state index in [4.69, 9.17) is 10.8 Å². The maximum atomic E-state index is 10.6. The Labute approximate surface area is 99.4 Å². The molecule has 0 unspecified atom stereocenters. The number of H-pyrrole nitrogens is 1. The van der Waals surface area contributed by atoms with Crippen molar-refractivity contribution >= 4 is 16.9 Å². The number of carboxylic acid groups (broad SMARTS) is 1. The molecular weight excluding hydrogens is 218 g/mol. The van der Waals surface area contributed by atoms with Gasteiger partial charge >= 0.3 is 5.97 Å². The molecule has 0 aliphatic carbocycles. The fourth-order valence-corrected chi connectivity index (χ4v) is 1.62. The third-order valence-electron chi connectivity index (χ3n) is 2.43. The zero-order valence-corrected chi connectivity index (χ0v) is 9.68. The Morgan fingerprint density at radius 3 is 2.71 bits per heavy atom. The first-order valence-corrected chi connectivity index (χ1v) is 5.29. The maximum absolute atomic E-state index is 10.6. The van der Waals surface area contributed by atoms with Gasteiger partial charge in [0.15, 0.2) is 0 Å². The smallest absolute Gasteiger partial charge is 0.320 e. The summed E-state index contributed by atoms with van der Waals surface area (Å²) < 4.78 is 0. The molecule has 0 amide bonds. The van der Waals surface area contributed by atoms with E-state index in [0.717, 1.165) is 16.5 Å². The number of carboxylic acids is 1. The van der Waals surface area contributed by atoms with E-state index in [9.17, 15) is 4.79 Å². The summed E-state index contributed by atoms with van der Waals surface area (Å²) in [7, 11) is 1.50. The predicted octanol–water partition coefficient (Wildman–Crippen LogP) is 0.697. The lowest BCUT2D eigenvalue weighted by atomic mass is 10.1. The molecule has 92 valence electrons. The van der Waals surface area contributed by atoms with Crippen LogP contribution in [0.15, 0.2) is 30.5 Å². The van der Waals surface area contributed by atoms with Crippen LogP contribution < -0.4 is 11.5 Å². The topological polar surface area (TPSA) is 105 Å². The first-order valence-electron chi connectivity index (χ1n) is 5.29. The molecule has 2 rings (SSSR count). The second-order valence-electron chi connectivity index (χ2n) is 3.51. The van der Waals surface area contributed by atoms with Crippen LogP contribution in [0.4, 0.5) is 0 Å². The fraction of sp³-hybridized carbons (Fsp3) is 0.250. The largest absolute Gasteiger partial charge is 0.480 e. The Kier molecular flexibility index (Phi) is 4.68. The molecule has 0 aliphatic rings. The highest BCUT2D eigenvalue weighted by molar-refractivity contribution is 5.84. The van der Waals surface area contributed by atoms with Gasteiger partial charge in [0.1, 0.15) is 6.04 Å². The van der Waals surface area contributed by atoms with Gasteiger partial charge in [-0.3, -0.25) is 4.79 Å². The number of aromatic nitrogens is 1. The summed E-state index contributed by atoms with van der Waals surface area (Å²) in [6, 6.07) is 6.91. The average molecular weight is 235 g/mol. The van der Waals surface area contributed by atoms with Gasteiger partial charge in [-0.15, -0.1) is 0 Å². The minimum absolute atomic E-state index is 0.347. The fourth-order valence-electron chi connectivity index (χ4n) is 1.62. The summed E-state index contributed by atoms with van der Waals surface area (Å²) in [6.07, 6.45) is 2.16. The van der Waals surface area contributed by atoms with Gasteiger partial charge < -0.3 is 21.6 Å². The highest BCUT2D eigenvalue weighted by Gasteiger charge is 2.14. The third-order valence-corrected chi connectivity index (χ3v) is 2.43. The van der Waals surface area contributed by atoms with Crippen LogP contribution in [0, 0.1) is 0 Å². The highest BCUT2D eigenvalue weighted by atomic mass is 16.4. The second kappa shape index (κ2) is 6.03. The van der Waals surface area contributed by atoms with Crippen LogP contribution in [-0.4, -0.2) is 29.1 Å². The van der Waals surface area contributed by atoms with Gasteiger partial charge in [0, 0.05) is 23.5 Å². The minimum Gasteiger partial charge on any atom is -0.480 e. The lowest BCUT2D eigenvalue weighted by Gasteiger charge is -2.04. The molecule has 0 saturated heterocycles. The van der Waals surface area contributed by atoms with Crippen molar-refractivity contribution in [3.63, 3.8) is 0 Å². The molecule has 6 N–H and O–H groups in total. The SMILES string of the molecule is CN.N[C@@H](Cc1c[nH]c2ccccc12)C(=O)O. The first-order chi connectivity index (χ1) is 8.18. The van der Waals surface area contributed by atoms with Crippen molar-refractivity contribution in [2.75, 3.05) is 7.05 Å². The van der Waals surface area contributed by atoms with Crippen LogP contribution in [0.3, 0.4) is 0 Å². The zero-order chi connectivity index (χ0) is 12.8. The Hall–Kier alpha value is -1.85. The molecule has 0 fully saturated rings. The lowest BCUT2D eigenvalue weighted by Crippen LogP contribution is -2.32. The van der Waals surface area contributed by atoms with Crippen LogP contribution in [0.1, 0.15) is 5.56 Å². The highest BCUT2D eigenvalue weighted by Crippen LogP contribution is 2.18. The number of hydrogen-bond acceptors (Lipinski definition) is 3. The molecule has 0 bridgehead atoms. The van der Waals surface area contributed by atoms with Gasteiger partial charge in [0.2, 0.25) is 0 Å². The predicted molar refractivity (Wildman–Crippen MR) is 67.7 cm³/mol. The molecule has 2 aromatic rings. The Bertz CT molecular complexity index is 493. The molecule has 5 nitrogen and oxygen atoms in total. The van der Waals surface area contributed by atoms with E-state index >= 15 is 0 Å². The van der Waals surface area contributed by atoms with Crippen LogP contribution >= 0.6 is 0 Å². The Morgan fingerprint density at radius 1 is 1.41 bits per heavy atom. The Balaban J connectivity index is 0.000000686. The number of fused-ring (bicyclic) bond motifs is 1. The number of benzene rings is 1. The van der Waals surface area contributed by atoms with Crippen molar-refractivity contribution in [3.8, 4) is 0 Å². The van der Waals surface area contributed by atoms with Crippen molar-refractivity contribution in [2.45, 2.75) is 12.5 Å². The molecule has 1 heterocycles. The molecule has 0 saturated carbocycles. The summed E-state index contributed by atoms with van der Waals surface area (Å²) in [5.41, 5.74) is 11.9. The summed E-state index contributed by atoms with van der Waals surface area (Å²) >= 11 is 0. The van der Waals surface area contributed by atoms with E-state index < -0.39 is 12.0 Å². The van der Waals surface area contributed by atoms with Crippen LogP contribution in [0.5, 0.6) is 0 Å². The Morgan fingerprint density at radius 2 is 2.06 bits per heavy atom. The molecule has 1 atom stereocenters. The maximum Gasteiger partial charge on any atom is 0.320 e. The van der Waals surface area contributed by atoms with E-state index in [2.05, 4.69) is 10.7 Å². The number of hydrogen-bond donors (Lipinski definition) is 4. The second-order valence-corrected chi connectivity index (χ2v) is 3.51. The van der Waals surface area contributed by atoms with Gasteiger partial charge in [-0.25, -0.2) is 0 Å². The van der Waals surface area contributed by atoms with Crippen LogP contribution in [0.2, 0.25) is 0 Å². The lowest BCUT2D eigenvalue weighted by molar-refractivity contribution is -0.138.